The largest absolute Gasteiger partial charge is 0.495 e. The Morgan fingerprint density at radius 1 is 1.52 bits per heavy atom. The quantitative estimate of drug-likeness (QED) is 0.620. The second kappa shape index (κ2) is 6.93. The highest BCUT2D eigenvalue weighted by Gasteiger charge is 2.11. The van der Waals surface area contributed by atoms with Crippen molar-refractivity contribution in [2.45, 2.75) is 0 Å². The maximum Gasteiger partial charge on any atom is 0.290 e. The molecule has 0 aliphatic carbocycles. The number of rotatable bonds is 4. The van der Waals surface area contributed by atoms with Gasteiger partial charge in [0.1, 0.15) is 11.4 Å². The average Bonchev–Trinajstić information content (AvgIpc) is 2.84. The average molecular weight is 392 g/mol. The summed E-state index contributed by atoms with van der Waals surface area (Å²) in [6.07, 6.45) is 2.86. The molecule has 1 heterocycles. The number of ether oxygens (including phenoxy) is 1. The summed E-state index contributed by atoms with van der Waals surface area (Å²) in [5.74, 6) is -0.0236. The number of benzene rings is 1. The van der Waals surface area contributed by atoms with Crippen molar-refractivity contribution in [2.75, 3.05) is 7.11 Å². The fourth-order valence-electron chi connectivity index (χ4n) is 1.54. The Labute approximate surface area is 138 Å². The van der Waals surface area contributed by atoms with E-state index >= 15 is 0 Å². The molecule has 1 amide bonds. The van der Waals surface area contributed by atoms with Crippen molar-refractivity contribution in [2.24, 2.45) is 5.10 Å². The number of nitrogens with one attached hydrogen (secondary N) is 2. The fraction of sp³-hybridized carbons (Fsp3) is 0.0833. The molecule has 2 rings (SSSR count). The van der Waals surface area contributed by atoms with Crippen LogP contribution < -0.4 is 10.2 Å². The third kappa shape index (κ3) is 3.75. The zero-order valence-electron chi connectivity index (χ0n) is 10.7. The van der Waals surface area contributed by atoms with E-state index in [-0.39, 0.29) is 5.69 Å². The van der Waals surface area contributed by atoms with Crippen molar-refractivity contribution in [3.05, 3.63) is 44.1 Å². The van der Waals surface area contributed by atoms with Crippen molar-refractivity contribution in [3.8, 4) is 5.75 Å². The maximum atomic E-state index is 11.8. The molecule has 0 atom stereocenters. The highest BCUT2D eigenvalue weighted by atomic mass is 79.9. The first-order chi connectivity index (χ1) is 10.0. The first-order valence-corrected chi connectivity index (χ1v) is 7.13. The topological polar surface area (TPSA) is 79.4 Å². The number of carbonyl (C=O) groups excluding carboxylic acids is 1. The summed E-state index contributed by atoms with van der Waals surface area (Å²) >= 11 is 15.1. The molecule has 0 saturated carbocycles. The second-order valence-electron chi connectivity index (χ2n) is 3.80. The van der Waals surface area contributed by atoms with E-state index in [9.17, 15) is 4.79 Å². The van der Waals surface area contributed by atoms with Crippen molar-refractivity contribution >= 4 is 51.3 Å². The second-order valence-corrected chi connectivity index (χ2v) is 5.50. The number of aromatic amines is 1. The molecule has 0 radical (unpaired) electrons. The van der Waals surface area contributed by atoms with E-state index in [4.69, 9.17) is 27.9 Å². The molecule has 0 bridgehead atoms. The molecule has 0 aliphatic rings. The third-order valence-corrected chi connectivity index (χ3v) is 3.53. The first-order valence-electron chi connectivity index (χ1n) is 5.58. The van der Waals surface area contributed by atoms with Crippen molar-refractivity contribution in [1.82, 2.24) is 15.6 Å². The lowest BCUT2D eigenvalue weighted by atomic mass is 10.2. The van der Waals surface area contributed by atoms with Gasteiger partial charge in [-0.05, 0) is 28.1 Å². The van der Waals surface area contributed by atoms with Crippen LogP contribution in [0.5, 0.6) is 5.75 Å². The van der Waals surface area contributed by atoms with E-state index in [0.29, 0.717) is 25.8 Å². The van der Waals surface area contributed by atoms with Gasteiger partial charge in [-0.2, -0.15) is 10.2 Å². The Hall–Kier alpha value is -1.57. The van der Waals surface area contributed by atoms with Gasteiger partial charge in [0, 0.05) is 10.6 Å². The van der Waals surface area contributed by atoms with Crippen molar-refractivity contribution in [3.63, 3.8) is 0 Å². The molecule has 0 saturated heterocycles. The monoisotopic (exact) mass is 390 g/mol. The zero-order chi connectivity index (χ0) is 15.4. The van der Waals surface area contributed by atoms with Gasteiger partial charge >= 0.3 is 0 Å². The van der Waals surface area contributed by atoms with Crippen LogP contribution in [0.15, 0.2) is 27.9 Å². The Morgan fingerprint density at radius 2 is 2.29 bits per heavy atom. The van der Waals surface area contributed by atoms with Crippen LogP contribution in [0.25, 0.3) is 0 Å². The molecule has 1 aromatic carbocycles. The minimum Gasteiger partial charge on any atom is -0.495 e. The van der Waals surface area contributed by atoms with Gasteiger partial charge in [-0.15, -0.1) is 0 Å². The number of carbonyl (C=O) groups is 1. The van der Waals surface area contributed by atoms with Gasteiger partial charge in [-0.25, -0.2) is 5.43 Å². The van der Waals surface area contributed by atoms with Gasteiger partial charge < -0.3 is 4.74 Å². The zero-order valence-corrected chi connectivity index (χ0v) is 13.8. The molecule has 110 valence electrons. The van der Waals surface area contributed by atoms with Crippen molar-refractivity contribution in [1.29, 1.82) is 0 Å². The van der Waals surface area contributed by atoms with Crippen LogP contribution in [-0.2, 0) is 0 Å². The Balaban J connectivity index is 2.15. The lowest BCUT2D eigenvalue weighted by Crippen LogP contribution is -2.18. The van der Waals surface area contributed by atoms with Crippen LogP contribution in [0, 0.1) is 0 Å². The van der Waals surface area contributed by atoms with Gasteiger partial charge in [0.05, 0.1) is 29.0 Å². The number of hydrogen-bond acceptors (Lipinski definition) is 4. The number of aromatic nitrogens is 2. The molecule has 0 unspecified atom stereocenters. The number of halogens is 3. The normalized spacial score (nSPS) is 10.9. The number of nitrogens with zero attached hydrogens (tertiary/aromatic N) is 2. The summed E-state index contributed by atoms with van der Waals surface area (Å²) in [7, 11) is 1.48. The van der Waals surface area contributed by atoms with E-state index in [1.54, 1.807) is 12.1 Å². The molecule has 6 nitrogen and oxygen atoms in total. The SMILES string of the molecule is COc1c(Cl)cc(Cl)cc1/C=N/NC(=O)c1[nH]ncc1Br. The predicted octanol–water partition coefficient (Wildman–Crippen LogP) is 3.25. The first kappa shape index (κ1) is 15.8. The van der Waals surface area contributed by atoms with E-state index in [1.807, 2.05) is 0 Å². The van der Waals surface area contributed by atoms with Gasteiger partial charge in [-0.1, -0.05) is 23.2 Å². The summed E-state index contributed by atoms with van der Waals surface area (Å²) in [4.78, 5) is 11.8. The van der Waals surface area contributed by atoms with Gasteiger partial charge in [0.25, 0.3) is 5.91 Å². The summed E-state index contributed by atoms with van der Waals surface area (Å²) in [6, 6.07) is 3.17. The Morgan fingerprint density at radius 3 is 2.90 bits per heavy atom. The van der Waals surface area contributed by atoms with Crippen LogP contribution in [-0.4, -0.2) is 29.4 Å². The minimum absolute atomic E-state index is 0.267. The van der Waals surface area contributed by atoms with E-state index in [0.717, 1.165) is 0 Å². The fourth-order valence-corrected chi connectivity index (χ4v) is 2.50. The Kier molecular flexibility index (Phi) is 5.22. The summed E-state index contributed by atoms with van der Waals surface area (Å²) < 4.78 is 5.70. The maximum absolute atomic E-state index is 11.8. The predicted molar refractivity (Wildman–Crippen MR) is 84.4 cm³/mol. The van der Waals surface area contributed by atoms with Crippen LogP contribution >= 0.6 is 39.1 Å². The number of amides is 1. The lowest BCUT2D eigenvalue weighted by molar-refractivity contribution is 0.0949. The summed E-state index contributed by atoms with van der Waals surface area (Å²) in [6.45, 7) is 0. The lowest BCUT2D eigenvalue weighted by Gasteiger charge is -2.07. The van der Waals surface area contributed by atoms with E-state index < -0.39 is 5.91 Å². The summed E-state index contributed by atoms with van der Waals surface area (Å²) in [5, 5.41) is 10.9. The van der Waals surface area contributed by atoms with Gasteiger partial charge in [-0.3, -0.25) is 9.89 Å². The molecule has 2 N–H and O–H groups in total. The van der Waals surface area contributed by atoms with Crippen LogP contribution in [0.4, 0.5) is 0 Å². The minimum atomic E-state index is -0.442. The highest BCUT2D eigenvalue weighted by molar-refractivity contribution is 9.10. The number of hydrogen-bond donors (Lipinski definition) is 2. The number of H-pyrrole nitrogens is 1. The highest BCUT2D eigenvalue weighted by Crippen LogP contribution is 2.31. The number of hydrazone groups is 1. The molecule has 21 heavy (non-hydrogen) atoms. The van der Waals surface area contributed by atoms with E-state index in [2.05, 4.69) is 36.7 Å². The standard InChI is InChI=1S/C12H9BrCl2N4O2/c1-21-11-6(2-7(14)3-9(11)15)4-16-19-12(20)10-8(13)5-17-18-10/h2-5H,1H3,(H,17,18)(H,19,20)/b16-4+. The molecular weight excluding hydrogens is 383 g/mol. The smallest absolute Gasteiger partial charge is 0.290 e. The van der Waals surface area contributed by atoms with Crippen LogP contribution in [0.3, 0.4) is 0 Å². The third-order valence-electron chi connectivity index (χ3n) is 2.43. The Bertz CT molecular complexity index is 703. The molecule has 0 aliphatic heterocycles. The molecule has 1 aromatic heterocycles. The molecular formula is C12H9BrCl2N4O2. The molecule has 0 spiro atoms. The van der Waals surface area contributed by atoms with Crippen molar-refractivity contribution < 1.29 is 9.53 Å². The molecule has 0 fully saturated rings. The summed E-state index contributed by atoms with van der Waals surface area (Å²) in [5.41, 5.74) is 3.16. The molecule has 2 aromatic rings. The van der Waals surface area contributed by atoms with E-state index in [1.165, 1.54) is 19.5 Å². The van der Waals surface area contributed by atoms with Gasteiger partial charge in [0.15, 0.2) is 0 Å². The molecule has 9 heteroatoms. The van der Waals surface area contributed by atoms with Crippen LogP contribution in [0.2, 0.25) is 10.0 Å². The number of methoxy groups -OCH3 is 1. The van der Waals surface area contributed by atoms with Gasteiger partial charge in [0.2, 0.25) is 0 Å². The van der Waals surface area contributed by atoms with Crippen LogP contribution in [0.1, 0.15) is 16.1 Å².